The fourth-order valence-corrected chi connectivity index (χ4v) is 1.57. The molecule has 0 fully saturated rings. The molecule has 0 spiro atoms. The summed E-state index contributed by atoms with van der Waals surface area (Å²) in [6.07, 6.45) is 0. The number of rotatable bonds is 0. The number of aromatic nitrogens is 1. The van der Waals surface area contributed by atoms with E-state index in [1.165, 1.54) is 0 Å². The van der Waals surface area contributed by atoms with E-state index < -0.39 is 0 Å². The van der Waals surface area contributed by atoms with Gasteiger partial charge in [-0.25, -0.2) is 4.98 Å². The lowest BCUT2D eigenvalue weighted by atomic mass is 10.1. The summed E-state index contributed by atoms with van der Waals surface area (Å²) < 4.78 is 1.02. The van der Waals surface area contributed by atoms with Crippen molar-refractivity contribution in [2.24, 2.45) is 5.73 Å². The van der Waals surface area contributed by atoms with Crippen LogP contribution in [0, 0.1) is 0 Å². The van der Waals surface area contributed by atoms with Gasteiger partial charge in [0.05, 0.1) is 5.52 Å². The highest BCUT2D eigenvalue weighted by Gasteiger charge is 1.96. The quantitative estimate of drug-likeness (QED) is 0.732. The molecular weight excluding hydrogens is 300 g/mol. The summed E-state index contributed by atoms with van der Waals surface area (Å²) in [5, 5.41) is 1.63. The third-order valence-corrected chi connectivity index (χ3v) is 2.32. The molecule has 0 radical (unpaired) electrons. The second kappa shape index (κ2) is 5.80. The maximum Gasteiger partial charge on any atom is 0.129 e. The summed E-state index contributed by atoms with van der Waals surface area (Å²) in [5.41, 5.74) is 6.27. The van der Waals surface area contributed by atoms with Crippen LogP contribution in [0.15, 0.2) is 34.8 Å². The predicted molar refractivity (Wildman–Crippen MR) is 78.4 cm³/mol. The fraction of sp³-hybridized carbons (Fsp3) is 0.308. The van der Waals surface area contributed by atoms with E-state index in [4.69, 9.17) is 17.3 Å². The molecule has 0 amide bonds. The van der Waals surface area contributed by atoms with Crippen molar-refractivity contribution in [2.45, 2.75) is 26.3 Å². The predicted octanol–water partition coefficient (Wildman–Crippen LogP) is 4.39. The molecule has 2 N–H and O–H groups in total. The smallest absolute Gasteiger partial charge is 0.129 e. The summed E-state index contributed by atoms with van der Waals surface area (Å²) in [6, 6.07) is 9.68. The monoisotopic (exact) mass is 314 g/mol. The number of pyridine rings is 1. The van der Waals surface area contributed by atoms with E-state index >= 15 is 0 Å². The van der Waals surface area contributed by atoms with Gasteiger partial charge in [0.1, 0.15) is 5.15 Å². The van der Waals surface area contributed by atoms with E-state index in [2.05, 4.69) is 20.9 Å². The molecule has 1 aromatic heterocycles. The number of fused-ring (bicyclic) bond motifs is 1. The van der Waals surface area contributed by atoms with Crippen LogP contribution in [0.5, 0.6) is 0 Å². The molecule has 2 aromatic rings. The third kappa shape index (κ3) is 6.01. The lowest BCUT2D eigenvalue weighted by Crippen LogP contribution is -2.26. The van der Waals surface area contributed by atoms with Crippen molar-refractivity contribution in [1.82, 2.24) is 4.98 Å². The van der Waals surface area contributed by atoms with Crippen LogP contribution in [-0.2, 0) is 0 Å². The van der Waals surface area contributed by atoms with E-state index in [1.807, 2.05) is 45.0 Å². The van der Waals surface area contributed by atoms with Crippen LogP contribution < -0.4 is 5.73 Å². The van der Waals surface area contributed by atoms with E-state index in [0.29, 0.717) is 5.15 Å². The van der Waals surface area contributed by atoms with Crippen LogP contribution in [0.1, 0.15) is 20.8 Å². The van der Waals surface area contributed by atoms with Crippen molar-refractivity contribution in [1.29, 1.82) is 0 Å². The number of benzene rings is 1. The Bertz CT molecular complexity index is 463. The topological polar surface area (TPSA) is 38.9 Å². The number of nitrogens with zero attached hydrogens (tertiary/aromatic N) is 1. The van der Waals surface area contributed by atoms with Gasteiger partial charge in [0.25, 0.3) is 0 Å². The van der Waals surface area contributed by atoms with Crippen molar-refractivity contribution in [2.75, 3.05) is 0 Å². The zero-order chi connectivity index (χ0) is 13.1. The molecular formula is C13H16BrClN2. The fourth-order valence-electron chi connectivity index (χ4n) is 1.07. The molecule has 4 heteroatoms. The Labute approximate surface area is 115 Å². The SMILES string of the molecule is CC(C)(C)N.Clc1ccc2ccc(Br)cc2n1. The molecule has 1 heterocycles. The van der Waals surface area contributed by atoms with Crippen LogP contribution >= 0.6 is 27.5 Å². The zero-order valence-corrected chi connectivity index (χ0v) is 12.5. The maximum absolute atomic E-state index is 5.74. The maximum atomic E-state index is 5.74. The zero-order valence-electron chi connectivity index (χ0n) is 10.2. The van der Waals surface area contributed by atoms with Crippen molar-refractivity contribution in [3.05, 3.63) is 40.0 Å². The first kappa shape index (κ1) is 14.4. The van der Waals surface area contributed by atoms with Gasteiger partial charge >= 0.3 is 0 Å². The molecule has 0 saturated heterocycles. The Morgan fingerprint density at radius 1 is 1.18 bits per heavy atom. The molecule has 17 heavy (non-hydrogen) atoms. The largest absolute Gasteiger partial charge is 0.326 e. The Kier molecular flexibility index (Phi) is 4.92. The Morgan fingerprint density at radius 2 is 1.71 bits per heavy atom. The van der Waals surface area contributed by atoms with Crippen molar-refractivity contribution in [3.63, 3.8) is 0 Å². The van der Waals surface area contributed by atoms with Crippen LogP contribution in [0.2, 0.25) is 5.15 Å². The molecule has 0 saturated carbocycles. The van der Waals surface area contributed by atoms with Gasteiger partial charge in [0, 0.05) is 15.4 Å². The van der Waals surface area contributed by atoms with Gasteiger partial charge < -0.3 is 5.73 Å². The van der Waals surface area contributed by atoms with E-state index in [9.17, 15) is 0 Å². The van der Waals surface area contributed by atoms with Crippen LogP contribution in [-0.4, -0.2) is 10.5 Å². The van der Waals surface area contributed by atoms with E-state index in [-0.39, 0.29) is 5.54 Å². The second-order valence-corrected chi connectivity index (χ2v) is 6.14. The lowest BCUT2D eigenvalue weighted by Gasteiger charge is -2.06. The summed E-state index contributed by atoms with van der Waals surface area (Å²) in [6.45, 7) is 5.90. The van der Waals surface area contributed by atoms with Gasteiger partial charge in [-0.15, -0.1) is 0 Å². The summed E-state index contributed by atoms with van der Waals surface area (Å²) in [4.78, 5) is 4.17. The van der Waals surface area contributed by atoms with Gasteiger partial charge in [0.2, 0.25) is 0 Å². The molecule has 1 aromatic carbocycles. The molecule has 0 bridgehead atoms. The molecule has 2 rings (SSSR count). The highest BCUT2D eigenvalue weighted by Crippen LogP contribution is 2.19. The Hall–Kier alpha value is -0.640. The first-order chi connectivity index (χ1) is 7.75. The van der Waals surface area contributed by atoms with Crippen molar-refractivity contribution < 1.29 is 0 Å². The number of nitrogens with two attached hydrogens (primary N) is 1. The van der Waals surface area contributed by atoms with Gasteiger partial charge in [-0.2, -0.15) is 0 Å². The highest BCUT2D eigenvalue weighted by atomic mass is 79.9. The van der Waals surface area contributed by atoms with Crippen LogP contribution in [0.4, 0.5) is 0 Å². The number of hydrogen-bond donors (Lipinski definition) is 1. The van der Waals surface area contributed by atoms with Crippen molar-refractivity contribution >= 4 is 38.4 Å². The van der Waals surface area contributed by atoms with Crippen molar-refractivity contribution in [3.8, 4) is 0 Å². The van der Waals surface area contributed by atoms with Gasteiger partial charge in [-0.1, -0.05) is 33.6 Å². The van der Waals surface area contributed by atoms with E-state index in [1.54, 1.807) is 6.07 Å². The molecule has 2 nitrogen and oxygen atoms in total. The molecule has 0 unspecified atom stereocenters. The summed E-state index contributed by atoms with van der Waals surface area (Å²) in [5.74, 6) is 0. The summed E-state index contributed by atoms with van der Waals surface area (Å²) in [7, 11) is 0. The Morgan fingerprint density at radius 3 is 2.29 bits per heavy atom. The minimum atomic E-state index is 0. The highest BCUT2D eigenvalue weighted by molar-refractivity contribution is 9.10. The standard InChI is InChI=1S/C9H5BrClN.C4H11N/c10-7-3-1-6-2-4-9(11)12-8(6)5-7;1-4(2,3)5/h1-5H;5H2,1-3H3. The van der Waals surface area contributed by atoms with Gasteiger partial charge in [0.15, 0.2) is 0 Å². The third-order valence-electron chi connectivity index (χ3n) is 1.62. The van der Waals surface area contributed by atoms with Crippen LogP contribution in [0.3, 0.4) is 0 Å². The molecule has 0 aliphatic rings. The first-order valence-corrected chi connectivity index (χ1v) is 6.43. The van der Waals surface area contributed by atoms with Crippen LogP contribution in [0.25, 0.3) is 10.9 Å². The van der Waals surface area contributed by atoms with Gasteiger partial charge in [-0.05, 0) is 45.0 Å². The molecule has 0 aliphatic carbocycles. The minimum Gasteiger partial charge on any atom is -0.326 e. The first-order valence-electron chi connectivity index (χ1n) is 5.26. The average molecular weight is 316 g/mol. The van der Waals surface area contributed by atoms with Gasteiger partial charge in [-0.3, -0.25) is 0 Å². The number of halogens is 2. The number of hydrogen-bond acceptors (Lipinski definition) is 2. The molecule has 92 valence electrons. The minimum absolute atomic E-state index is 0. The van der Waals surface area contributed by atoms with E-state index in [0.717, 1.165) is 15.4 Å². The summed E-state index contributed by atoms with van der Waals surface area (Å²) >= 11 is 9.12. The Balaban J connectivity index is 0.000000249. The molecule has 0 atom stereocenters. The average Bonchev–Trinajstić information content (AvgIpc) is 2.14. The second-order valence-electron chi connectivity index (χ2n) is 4.84. The lowest BCUT2D eigenvalue weighted by molar-refractivity contribution is 0.580. The normalized spacial score (nSPS) is 10.9. The molecule has 0 aliphatic heterocycles.